The average Bonchev–Trinajstić information content (AvgIpc) is 2.89. The molecule has 1 heterocycles. The minimum atomic E-state index is -1.01. The molecular formula is C15H10ClFOS. The number of hydrogen-bond acceptors (Lipinski definition) is 2. The van der Waals surface area contributed by atoms with Crippen LogP contribution < -0.4 is 0 Å². The van der Waals surface area contributed by atoms with Crippen LogP contribution in [0.2, 0.25) is 5.02 Å². The summed E-state index contributed by atoms with van der Waals surface area (Å²) in [7, 11) is 0. The molecule has 0 amide bonds. The van der Waals surface area contributed by atoms with Crippen molar-refractivity contribution in [2.75, 3.05) is 0 Å². The van der Waals surface area contributed by atoms with Crippen LogP contribution in [-0.2, 0) is 0 Å². The topological polar surface area (TPSA) is 20.2 Å². The van der Waals surface area contributed by atoms with Crippen molar-refractivity contribution < 1.29 is 9.50 Å². The maximum Gasteiger partial charge on any atom is 0.129 e. The van der Waals surface area contributed by atoms with E-state index in [0.717, 1.165) is 10.1 Å². The Morgan fingerprint density at radius 3 is 2.79 bits per heavy atom. The summed E-state index contributed by atoms with van der Waals surface area (Å²) in [5, 5.41) is 13.8. The third-order valence-electron chi connectivity index (χ3n) is 3.06. The van der Waals surface area contributed by atoms with Gasteiger partial charge in [0.25, 0.3) is 0 Å². The van der Waals surface area contributed by atoms with E-state index < -0.39 is 11.9 Å². The van der Waals surface area contributed by atoms with Crippen molar-refractivity contribution >= 4 is 33.0 Å². The highest BCUT2D eigenvalue weighted by atomic mass is 35.5. The summed E-state index contributed by atoms with van der Waals surface area (Å²) >= 11 is 7.40. The molecule has 2 aromatic carbocycles. The molecule has 19 heavy (non-hydrogen) atoms. The van der Waals surface area contributed by atoms with Crippen molar-refractivity contribution in [2.24, 2.45) is 0 Å². The van der Waals surface area contributed by atoms with Gasteiger partial charge in [0.2, 0.25) is 0 Å². The van der Waals surface area contributed by atoms with Gasteiger partial charge in [0.05, 0.1) is 0 Å². The predicted molar refractivity (Wildman–Crippen MR) is 77.3 cm³/mol. The maximum atomic E-state index is 13.8. The lowest BCUT2D eigenvalue weighted by Crippen LogP contribution is -2.02. The Kier molecular flexibility index (Phi) is 3.27. The first-order chi connectivity index (χ1) is 9.16. The molecule has 0 saturated carbocycles. The van der Waals surface area contributed by atoms with Gasteiger partial charge in [0.1, 0.15) is 11.9 Å². The van der Waals surface area contributed by atoms with Crippen molar-refractivity contribution in [1.29, 1.82) is 0 Å². The van der Waals surface area contributed by atoms with Crippen LogP contribution in [-0.4, -0.2) is 5.11 Å². The Morgan fingerprint density at radius 2 is 1.95 bits per heavy atom. The number of aliphatic hydroxyl groups excluding tert-OH is 1. The van der Waals surface area contributed by atoms with Crippen LogP contribution >= 0.6 is 22.9 Å². The zero-order valence-corrected chi connectivity index (χ0v) is 11.4. The molecule has 0 radical (unpaired) electrons. The van der Waals surface area contributed by atoms with E-state index in [-0.39, 0.29) is 5.56 Å². The molecule has 96 valence electrons. The number of rotatable bonds is 2. The molecule has 0 aliphatic carbocycles. The number of fused-ring (bicyclic) bond motifs is 1. The summed E-state index contributed by atoms with van der Waals surface area (Å²) in [5.41, 5.74) is 0.905. The van der Waals surface area contributed by atoms with Gasteiger partial charge in [-0.15, -0.1) is 11.3 Å². The Hall–Kier alpha value is -1.42. The van der Waals surface area contributed by atoms with Gasteiger partial charge in [0.15, 0.2) is 0 Å². The average molecular weight is 293 g/mol. The van der Waals surface area contributed by atoms with Crippen LogP contribution in [0, 0.1) is 5.82 Å². The lowest BCUT2D eigenvalue weighted by atomic mass is 10.00. The number of thiophene rings is 1. The van der Waals surface area contributed by atoms with Crippen molar-refractivity contribution in [1.82, 2.24) is 0 Å². The molecule has 3 rings (SSSR count). The van der Waals surface area contributed by atoms with Crippen LogP contribution in [0.4, 0.5) is 4.39 Å². The van der Waals surface area contributed by atoms with Crippen molar-refractivity contribution in [3.63, 3.8) is 0 Å². The zero-order valence-electron chi connectivity index (χ0n) is 9.81. The van der Waals surface area contributed by atoms with Gasteiger partial charge < -0.3 is 5.11 Å². The fourth-order valence-corrected chi connectivity index (χ4v) is 3.24. The minimum absolute atomic E-state index is 0.202. The third-order valence-corrected chi connectivity index (χ3v) is 4.27. The second kappa shape index (κ2) is 4.93. The quantitative estimate of drug-likeness (QED) is 0.721. The molecule has 0 fully saturated rings. The number of aliphatic hydroxyl groups is 1. The van der Waals surface area contributed by atoms with Crippen molar-refractivity contribution in [3.8, 4) is 0 Å². The minimum Gasteiger partial charge on any atom is -0.383 e. The maximum absolute atomic E-state index is 13.8. The molecule has 1 N–H and O–H groups in total. The number of hydrogen-bond donors (Lipinski definition) is 1. The first-order valence-electron chi connectivity index (χ1n) is 5.76. The van der Waals surface area contributed by atoms with Gasteiger partial charge in [-0.2, -0.15) is 0 Å². The summed E-state index contributed by atoms with van der Waals surface area (Å²) in [6.07, 6.45) is -1.01. The Morgan fingerprint density at radius 1 is 1.11 bits per heavy atom. The molecule has 0 aliphatic heterocycles. The third kappa shape index (κ3) is 2.25. The van der Waals surface area contributed by atoms with E-state index in [2.05, 4.69) is 0 Å². The second-order valence-corrected chi connectivity index (χ2v) is 5.61. The van der Waals surface area contributed by atoms with Crippen LogP contribution in [0.15, 0.2) is 47.8 Å². The van der Waals surface area contributed by atoms with E-state index in [4.69, 9.17) is 11.6 Å². The summed E-state index contributed by atoms with van der Waals surface area (Å²) in [4.78, 5) is 0. The van der Waals surface area contributed by atoms with E-state index >= 15 is 0 Å². The number of benzene rings is 2. The van der Waals surface area contributed by atoms with Crippen LogP contribution in [0.1, 0.15) is 17.2 Å². The van der Waals surface area contributed by atoms with E-state index in [9.17, 15) is 9.50 Å². The fraction of sp³-hybridized carbons (Fsp3) is 0.0667. The van der Waals surface area contributed by atoms with Gasteiger partial charge in [-0.25, -0.2) is 4.39 Å². The van der Waals surface area contributed by atoms with Crippen LogP contribution in [0.25, 0.3) is 10.1 Å². The molecule has 1 unspecified atom stereocenters. The summed E-state index contributed by atoms with van der Waals surface area (Å²) in [5.74, 6) is -0.453. The normalized spacial score (nSPS) is 12.8. The summed E-state index contributed by atoms with van der Waals surface area (Å²) in [6.45, 7) is 0. The Balaban J connectivity index is 2.15. The van der Waals surface area contributed by atoms with E-state index in [1.165, 1.54) is 29.5 Å². The number of halogens is 2. The highest BCUT2D eigenvalue weighted by molar-refractivity contribution is 7.17. The molecule has 1 nitrogen and oxygen atoms in total. The highest BCUT2D eigenvalue weighted by Crippen LogP contribution is 2.33. The summed E-state index contributed by atoms with van der Waals surface area (Å²) in [6, 6.07) is 11.8. The van der Waals surface area contributed by atoms with Crippen LogP contribution in [0.5, 0.6) is 0 Å². The lowest BCUT2D eigenvalue weighted by Gasteiger charge is -2.13. The largest absolute Gasteiger partial charge is 0.383 e. The monoisotopic (exact) mass is 292 g/mol. The molecule has 0 saturated heterocycles. The second-order valence-electron chi connectivity index (χ2n) is 4.25. The van der Waals surface area contributed by atoms with E-state index in [1.807, 2.05) is 29.6 Å². The molecule has 1 atom stereocenters. The van der Waals surface area contributed by atoms with Gasteiger partial charge in [-0.3, -0.25) is 0 Å². The molecule has 0 bridgehead atoms. The molecule has 4 heteroatoms. The lowest BCUT2D eigenvalue weighted by molar-refractivity contribution is 0.216. The van der Waals surface area contributed by atoms with Gasteiger partial charge >= 0.3 is 0 Å². The van der Waals surface area contributed by atoms with Gasteiger partial charge in [-0.05, 0) is 35.0 Å². The fourth-order valence-electron chi connectivity index (χ4n) is 2.12. The molecular weight excluding hydrogens is 283 g/mol. The SMILES string of the molecule is OC(c1cc(Cl)ccc1F)c1cccc2ccsc12. The van der Waals surface area contributed by atoms with Crippen molar-refractivity contribution in [2.45, 2.75) is 6.10 Å². The molecule has 0 aliphatic rings. The smallest absolute Gasteiger partial charge is 0.129 e. The standard InChI is InChI=1S/C15H10ClFOS/c16-10-4-5-13(17)12(8-10)14(18)11-3-1-2-9-6-7-19-15(9)11/h1-8,14,18H. The van der Waals surface area contributed by atoms with Crippen molar-refractivity contribution in [3.05, 3.63) is 69.8 Å². The first kappa shape index (κ1) is 12.6. The zero-order chi connectivity index (χ0) is 13.4. The van der Waals surface area contributed by atoms with Gasteiger partial charge in [0, 0.05) is 20.8 Å². The highest BCUT2D eigenvalue weighted by Gasteiger charge is 2.18. The molecule has 1 aromatic heterocycles. The molecule has 3 aromatic rings. The first-order valence-corrected chi connectivity index (χ1v) is 7.02. The predicted octanol–water partition coefficient (Wildman–Crippen LogP) is 4.78. The Bertz CT molecular complexity index is 738. The van der Waals surface area contributed by atoms with E-state index in [0.29, 0.717) is 10.6 Å². The summed E-state index contributed by atoms with van der Waals surface area (Å²) < 4.78 is 14.8. The molecule has 0 spiro atoms. The van der Waals surface area contributed by atoms with E-state index in [1.54, 1.807) is 0 Å². The van der Waals surface area contributed by atoms with Gasteiger partial charge in [-0.1, -0.05) is 29.8 Å². The Labute approximate surface area is 118 Å². The van der Waals surface area contributed by atoms with Crippen LogP contribution in [0.3, 0.4) is 0 Å².